The summed E-state index contributed by atoms with van der Waals surface area (Å²) in [6.07, 6.45) is 95.6. The minimum atomic E-state index is -1.53. The van der Waals surface area contributed by atoms with Crippen molar-refractivity contribution in [2.75, 3.05) is 47.5 Å². The molecular weight excluding hydrogens is 1050 g/mol. The topological polar surface area (TPSA) is 108 Å². The van der Waals surface area contributed by atoms with Crippen LogP contribution in [0.3, 0.4) is 0 Å². The molecule has 0 spiro atoms. The monoisotopic (exact) mass is 1170 g/mol. The standard InChI is InChI=1S/C76H119NO8/c1-6-8-10-12-14-16-18-20-22-24-26-27-28-29-30-31-32-33-34-35-36-37-38-39-40-41-42-43-44-45-46-47-49-51-53-55-57-59-61-63-65-67-74(79)85-72(71-84-76(75(80)81)82-69-68-77(3,4)5)70-83-73(78)66-64-62-60-58-56-54-52-50-48-25-23-21-19-17-15-13-11-9-7-2/h8-11,14-17,20-23,26-27,29-30,32-33,35-36,38-39,41-42,44-45,48,50,54,56,72,76H,6-7,12-13,18-19,24-25,28,31,34,37,40,43,46-47,49,51-53,55,57-71H2,1-5H3/p+1/b10-8-,11-9-,16-14-,17-15-,22-20-,23-21-,27-26-,30-29-,33-32-,36-35-,39-38-,42-41-,45-44-,50-48-,56-54-. The molecule has 2 unspecified atom stereocenters. The van der Waals surface area contributed by atoms with Gasteiger partial charge in [-0.15, -0.1) is 0 Å². The van der Waals surface area contributed by atoms with Crippen LogP contribution in [-0.2, 0) is 33.3 Å². The molecule has 0 aliphatic heterocycles. The zero-order valence-electron chi connectivity index (χ0n) is 54.2. The number of likely N-dealkylation sites (N-methyl/N-ethyl adjacent to an activating group) is 1. The average Bonchev–Trinajstić information content (AvgIpc) is 3.49. The molecule has 0 bridgehead atoms. The number of rotatable bonds is 58. The number of esters is 2. The molecule has 9 nitrogen and oxygen atoms in total. The van der Waals surface area contributed by atoms with E-state index < -0.39 is 24.3 Å². The molecule has 0 aromatic carbocycles. The Kier molecular flexibility index (Phi) is 60.1. The SMILES string of the molecule is CC/C=C\C/C=C\C/C=C\C/C=C\C/C=C\C/C=C\C/C=C\C/C=C\C/C=C\C/C=C\CCCCCCCCCCCCC(=O)OC(COC(=O)CCCCC/C=C\C/C=C\C/C=C\C/C=C\C/C=C\CC)COC(OCC[N+](C)(C)C)C(=O)O. The van der Waals surface area contributed by atoms with Crippen molar-refractivity contribution in [1.82, 2.24) is 0 Å². The van der Waals surface area contributed by atoms with Gasteiger partial charge in [0.25, 0.3) is 6.29 Å². The summed E-state index contributed by atoms with van der Waals surface area (Å²) in [4.78, 5) is 37.5. The van der Waals surface area contributed by atoms with Gasteiger partial charge in [0.1, 0.15) is 13.2 Å². The van der Waals surface area contributed by atoms with Gasteiger partial charge in [-0.2, -0.15) is 0 Å². The highest BCUT2D eigenvalue weighted by atomic mass is 16.7. The molecule has 0 aliphatic carbocycles. The van der Waals surface area contributed by atoms with E-state index in [1.807, 2.05) is 21.1 Å². The summed E-state index contributed by atoms with van der Waals surface area (Å²) in [6, 6.07) is 0. The Morgan fingerprint density at radius 1 is 0.353 bits per heavy atom. The molecule has 85 heavy (non-hydrogen) atoms. The fourth-order valence-corrected chi connectivity index (χ4v) is 8.18. The van der Waals surface area contributed by atoms with E-state index in [0.717, 1.165) is 141 Å². The molecule has 0 saturated heterocycles. The first-order valence-electron chi connectivity index (χ1n) is 32.9. The molecule has 0 heterocycles. The molecule has 0 aromatic heterocycles. The minimum Gasteiger partial charge on any atom is -0.477 e. The van der Waals surface area contributed by atoms with E-state index in [1.54, 1.807) is 0 Å². The van der Waals surface area contributed by atoms with Crippen LogP contribution in [-0.4, -0.2) is 87.4 Å². The Bertz CT molecular complexity index is 2050. The largest absolute Gasteiger partial charge is 0.477 e. The molecule has 1 N–H and O–H groups in total. The quantitative estimate of drug-likeness (QED) is 0.0211. The molecular formula is C76H120NO8+. The number of hydrogen-bond donors (Lipinski definition) is 1. The molecule has 476 valence electrons. The summed E-state index contributed by atoms with van der Waals surface area (Å²) in [5.41, 5.74) is 0. The number of nitrogens with zero attached hydrogens (tertiary/aromatic N) is 1. The molecule has 0 radical (unpaired) electrons. The molecule has 0 saturated carbocycles. The molecule has 0 aliphatic rings. The summed E-state index contributed by atoms with van der Waals surface area (Å²) < 4.78 is 22.9. The van der Waals surface area contributed by atoms with Gasteiger partial charge in [-0.25, -0.2) is 4.79 Å². The number of carbonyl (C=O) groups excluding carboxylic acids is 2. The normalized spacial score (nSPS) is 13.9. The molecule has 0 aromatic rings. The number of quaternary nitrogens is 1. The van der Waals surface area contributed by atoms with Gasteiger partial charge in [0.15, 0.2) is 6.10 Å². The Balaban J connectivity index is 4.21. The van der Waals surface area contributed by atoms with Gasteiger partial charge < -0.3 is 28.5 Å². The van der Waals surface area contributed by atoms with E-state index in [2.05, 4.69) is 196 Å². The third-order valence-corrected chi connectivity index (χ3v) is 13.2. The summed E-state index contributed by atoms with van der Waals surface area (Å²) in [6.45, 7) is 4.58. The summed E-state index contributed by atoms with van der Waals surface area (Å²) in [7, 11) is 5.94. The Morgan fingerprint density at radius 3 is 0.953 bits per heavy atom. The number of unbranched alkanes of at least 4 members (excludes halogenated alkanes) is 13. The predicted molar refractivity (Wildman–Crippen MR) is 363 cm³/mol. The summed E-state index contributed by atoms with van der Waals surface area (Å²) in [5.74, 6) is -2.08. The van der Waals surface area contributed by atoms with Gasteiger partial charge >= 0.3 is 17.9 Å². The van der Waals surface area contributed by atoms with Crippen LogP contribution < -0.4 is 0 Å². The number of carboxylic acid groups (broad SMARTS) is 1. The fraction of sp³-hybridized carbons (Fsp3) is 0.566. The number of carboxylic acids is 1. The van der Waals surface area contributed by atoms with E-state index in [4.69, 9.17) is 18.9 Å². The van der Waals surface area contributed by atoms with Crippen LogP contribution in [0.25, 0.3) is 0 Å². The highest BCUT2D eigenvalue weighted by Crippen LogP contribution is 2.14. The van der Waals surface area contributed by atoms with Gasteiger partial charge in [-0.05, 0) is 135 Å². The number of aliphatic carboxylic acids is 1. The van der Waals surface area contributed by atoms with Crippen molar-refractivity contribution in [2.24, 2.45) is 0 Å². The smallest absolute Gasteiger partial charge is 0.361 e. The van der Waals surface area contributed by atoms with Gasteiger partial charge in [-0.1, -0.05) is 254 Å². The summed E-state index contributed by atoms with van der Waals surface area (Å²) in [5, 5.41) is 9.72. The predicted octanol–water partition coefficient (Wildman–Crippen LogP) is 20.5. The van der Waals surface area contributed by atoms with Crippen molar-refractivity contribution in [2.45, 2.75) is 232 Å². The van der Waals surface area contributed by atoms with Crippen LogP contribution in [0.5, 0.6) is 0 Å². The van der Waals surface area contributed by atoms with Crippen molar-refractivity contribution in [3.05, 3.63) is 182 Å². The van der Waals surface area contributed by atoms with Crippen LogP contribution in [0, 0.1) is 0 Å². The first-order valence-corrected chi connectivity index (χ1v) is 32.9. The zero-order chi connectivity index (χ0) is 61.9. The van der Waals surface area contributed by atoms with Crippen molar-refractivity contribution in [3.8, 4) is 0 Å². The fourth-order valence-electron chi connectivity index (χ4n) is 8.18. The second kappa shape index (κ2) is 64.4. The lowest BCUT2D eigenvalue weighted by Crippen LogP contribution is -2.40. The maximum Gasteiger partial charge on any atom is 0.361 e. The van der Waals surface area contributed by atoms with Gasteiger partial charge in [0.05, 0.1) is 34.4 Å². The average molecular weight is 1180 g/mol. The van der Waals surface area contributed by atoms with Crippen LogP contribution in [0.1, 0.15) is 219 Å². The molecule has 2 atom stereocenters. The second-order valence-corrected chi connectivity index (χ2v) is 22.3. The highest BCUT2D eigenvalue weighted by Gasteiger charge is 2.25. The van der Waals surface area contributed by atoms with E-state index in [0.29, 0.717) is 23.9 Å². The van der Waals surface area contributed by atoms with Crippen molar-refractivity contribution >= 4 is 17.9 Å². The van der Waals surface area contributed by atoms with E-state index >= 15 is 0 Å². The molecule has 0 rings (SSSR count). The van der Waals surface area contributed by atoms with E-state index in [1.165, 1.54) is 38.5 Å². The van der Waals surface area contributed by atoms with Crippen LogP contribution >= 0.6 is 0 Å². The number of ether oxygens (including phenoxy) is 4. The Morgan fingerprint density at radius 2 is 0.635 bits per heavy atom. The Hall–Kier alpha value is -5.61. The third-order valence-electron chi connectivity index (χ3n) is 13.2. The van der Waals surface area contributed by atoms with Crippen molar-refractivity contribution in [1.29, 1.82) is 0 Å². The molecule has 0 fully saturated rings. The minimum absolute atomic E-state index is 0.171. The lowest BCUT2D eigenvalue weighted by atomic mass is 10.0. The maximum atomic E-state index is 12.9. The number of allylic oxidation sites excluding steroid dienone is 30. The summed E-state index contributed by atoms with van der Waals surface area (Å²) >= 11 is 0. The van der Waals surface area contributed by atoms with Gasteiger partial charge in [0, 0.05) is 12.8 Å². The molecule has 0 amide bonds. The number of hydrogen-bond acceptors (Lipinski definition) is 7. The lowest BCUT2D eigenvalue weighted by Gasteiger charge is -2.25. The van der Waals surface area contributed by atoms with Gasteiger partial charge in [-0.3, -0.25) is 9.59 Å². The van der Waals surface area contributed by atoms with Crippen LogP contribution in [0.15, 0.2) is 182 Å². The van der Waals surface area contributed by atoms with Crippen LogP contribution in [0.4, 0.5) is 0 Å². The highest BCUT2D eigenvalue weighted by molar-refractivity contribution is 5.71. The van der Waals surface area contributed by atoms with E-state index in [9.17, 15) is 19.5 Å². The van der Waals surface area contributed by atoms with Crippen molar-refractivity contribution < 1.29 is 42.9 Å². The molecule has 9 heteroatoms. The lowest BCUT2D eigenvalue weighted by molar-refractivity contribution is -0.870. The zero-order valence-corrected chi connectivity index (χ0v) is 54.2. The Labute approximate surface area is 519 Å². The maximum absolute atomic E-state index is 12.9. The van der Waals surface area contributed by atoms with Crippen LogP contribution in [0.2, 0.25) is 0 Å². The van der Waals surface area contributed by atoms with Gasteiger partial charge in [0.2, 0.25) is 0 Å². The van der Waals surface area contributed by atoms with E-state index in [-0.39, 0.29) is 38.6 Å². The van der Waals surface area contributed by atoms with Crippen molar-refractivity contribution in [3.63, 3.8) is 0 Å². The first kappa shape index (κ1) is 79.4. The number of carbonyl (C=O) groups is 3. The second-order valence-electron chi connectivity index (χ2n) is 22.3. The third kappa shape index (κ3) is 65.8. The first-order chi connectivity index (χ1) is 41.6.